The lowest BCUT2D eigenvalue weighted by molar-refractivity contribution is -0.134. The van der Waals surface area contributed by atoms with Gasteiger partial charge in [0.15, 0.2) is 0 Å². The van der Waals surface area contributed by atoms with Crippen molar-refractivity contribution in [3.63, 3.8) is 0 Å². The number of carboxylic acid groups (broad SMARTS) is 2. The minimum absolute atomic E-state index is 0.0534. The number of hydrogen-bond acceptors (Lipinski definition) is 7. The molecule has 0 saturated carbocycles. The maximum absolute atomic E-state index is 12.3. The summed E-state index contributed by atoms with van der Waals surface area (Å²) < 4.78 is 5.20. The van der Waals surface area contributed by atoms with E-state index in [-0.39, 0.29) is 11.7 Å². The molecule has 3 N–H and O–H groups in total. The molecule has 3 aromatic rings. The summed E-state index contributed by atoms with van der Waals surface area (Å²) in [6.07, 6.45) is 4.40. The number of likely N-dealkylation sites (tertiary alicyclic amines) is 1. The number of halogens is 1. The van der Waals surface area contributed by atoms with E-state index in [0.717, 1.165) is 44.5 Å². The van der Waals surface area contributed by atoms with Crippen LogP contribution in [-0.2, 0) is 16.1 Å². The summed E-state index contributed by atoms with van der Waals surface area (Å²) in [5.41, 5.74) is 2.09. The Kier molecular flexibility index (Phi) is 11.0. The molecule has 0 atom stereocenters. The van der Waals surface area contributed by atoms with Crippen molar-refractivity contribution in [2.45, 2.75) is 25.8 Å². The number of nitrogens with zero attached hydrogens (tertiary/aromatic N) is 3. The first-order valence-corrected chi connectivity index (χ1v) is 12.5. The molecule has 1 saturated heterocycles. The van der Waals surface area contributed by atoms with Crippen LogP contribution in [0.15, 0.2) is 71.3 Å². The standard InChI is InChI=1S/C23H25ClN4O2.C4H4O4/c24-20-8-6-19(7-9-20)23-26-21(27-30-23)22(29)25-13-10-17-11-14-28(15-12-17)16-18-4-2-1-3-5-18;5-3(6)1-2-4(7)8/h1-9,17H,10-16H2,(H,25,29);1-2H,(H,5,6)(H,7,8)/b;2-1+. The molecule has 10 nitrogen and oxygen atoms in total. The Morgan fingerprint density at radius 3 is 2.24 bits per heavy atom. The fraction of sp³-hybridized carbons (Fsp3) is 0.296. The molecular formula is C27H29ClN4O6. The zero-order valence-electron chi connectivity index (χ0n) is 20.6. The van der Waals surface area contributed by atoms with Gasteiger partial charge < -0.3 is 20.1 Å². The maximum atomic E-state index is 12.3. The lowest BCUT2D eigenvalue weighted by Crippen LogP contribution is -2.35. The number of aromatic nitrogens is 2. The highest BCUT2D eigenvalue weighted by molar-refractivity contribution is 6.30. The molecule has 1 aliphatic rings. The average molecular weight is 541 g/mol. The van der Waals surface area contributed by atoms with E-state index in [9.17, 15) is 14.4 Å². The van der Waals surface area contributed by atoms with Gasteiger partial charge in [-0.05, 0) is 68.1 Å². The van der Waals surface area contributed by atoms with Crippen molar-refractivity contribution in [3.8, 4) is 11.5 Å². The molecule has 38 heavy (non-hydrogen) atoms. The molecule has 0 aliphatic carbocycles. The van der Waals surface area contributed by atoms with Crippen LogP contribution >= 0.6 is 11.6 Å². The smallest absolute Gasteiger partial charge is 0.328 e. The van der Waals surface area contributed by atoms with E-state index < -0.39 is 11.9 Å². The van der Waals surface area contributed by atoms with Crippen LogP contribution in [0.2, 0.25) is 5.02 Å². The van der Waals surface area contributed by atoms with Gasteiger partial charge in [-0.2, -0.15) is 4.98 Å². The Morgan fingerprint density at radius 1 is 1.00 bits per heavy atom. The Balaban J connectivity index is 0.000000436. The first kappa shape index (κ1) is 28.5. The fourth-order valence-corrected chi connectivity index (χ4v) is 4.04. The first-order valence-electron chi connectivity index (χ1n) is 12.1. The van der Waals surface area contributed by atoms with E-state index in [1.54, 1.807) is 24.3 Å². The molecule has 1 fully saturated rings. The predicted octanol–water partition coefficient (Wildman–Crippen LogP) is 4.13. The predicted molar refractivity (Wildman–Crippen MR) is 141 cm³/mol. The normalized spacial score (nSPS) is 14.0. The number of rotatable bonds is 9. The molecular weight excluding hydrogens is 512 g/mol. The minimum Gasteiger partial charge on any atom is -0.478 e. The molecule has 200 valence electrons. The zero-order chi connectivity index (χ0) is 27.3. The number of piperidine rings is 1. The van der Waals surface area contributed by atoms with E-state index in [2.05, 4.69) is 50.7 Å². The van der Waals surface area contributed by atoms with Gasteiger partial charge >= 0.3 is 11.9 Å². The van der Waals surface area contributed by atoms with Gasteiger partial charge in [-0.1, -0.05) is 47.1 Å². The highest BCUT2D eigenvalue weighted by Crippen LogP contribution is 2.22. The van der Waals surface area contributed by atoms with Gasteiger partial charge in [-0.3, -0.25) is 9.69 Å². The molecule has 11 heteroatoms. The van der Waals surface area contributed by atoms with Crippen LogP contribution in [0.3, 0.4) is 0 Å². The van der Waals surface area contributed by atoms with Gasteiger partial charge in [0, 0.05) is 35.8 Å². The largest absolute Gasteiger partial charge is 0.478 e. The lowest BCUT2D eigenvalue weighted by Gasteiger charge is -2.32. The summed E-state index contributed by atoms with van der Waals surface area (Å²) >= 11 is 5.89. The molecule has 0 radical (unpaired) electrons. The number of carboxylic acids is 2. The summed E-state index contributed by atoms with van der Waals surface area (Å²) in [5, 5.41) is 23.0. The third-order valence-electron chi connectivity index (χ3n) is 5.88. The number of hydrogen-bond donors (Lipinski definition) is 3. The SMILES string of the molecule is O=C(NCCC1CCN(Cc2ccccc2)CC1)c1noc(-c2ccc(Cl)cc2)n1.O=C(O)/C=C/C(=O)O. The summed E-state index contributed by atoms with van der Waals surface area (Å²) in [7, 11) is 0. The topological polar surface area (TPSA) is 146 Å². The number of aliphatic carboxylic acids is 2. The molecule has 0 spiro atoms. The van der Waals surface area contributed by atoms with Crippen LogP contribution in [-0.4, -0.2) is 62.7 Å². The summed E-state index contributed by atoms with van der Waals surface area (Å²) in [4.78, 5) is 38.1. The number of carbonyl (C=O) groups is 3. The second-order valence-electron chi connectivity index (χ2n) is 8.69. The molecule has 2 heterocycles. The van der Waals surface area contributed by atoms with Crippen LogP contribution in [0.1, 0.15) is 35.4 Å². The molecule has 1 aromatic heterocycles. The third-order valence-corrected chi connectivity index (χ3v) is 6.14. The fourth-order valence-electron chi connectivity index (χ4n) is 3.91. The maximum Gasteiger partial charge on any atom is 0.328 e. The molecule has 2 aromatic carbocycles. The molecule has 4 rings (SSSR count). The second kappa shape index (κ2) is 14.7. The van der Waals surface area contributed by atoms with E-state index in [1.165, 1.54) is 5.56 Å². The summed E-state index contributed by atoms with van der Waals surface area (Å²) in [5.74, 6) is -1.83. The number of carbonyl (C=O) groups excluding carboxylic acids is 1. The molecule has 0 unspecified atom stereocenters. The molecule has 0 bridgehead atoms. The van der Waals surface area contributed by atoms with Crippen molar-refractivity contribution in [2.75, 3.05) is 19.6 Å². The Hall–Kier alpha value is -4.02. The molecule has 1 aliphatic heterocycles. The van der Waals surface area contributed by atoms with E-state index >= 15 is 0 Å². The van der Waals surface area contributed by atoms with E-state index in [4.69, 9.17) is 26.3 Å². The van der Waals surface area contributed by atoms with Crippen LogP contribution in [0, 0.1) is 5.92 Å². The lowest BCUT2D eigenvalue weighted by atomic mass is 9.93. The van der Waals surface area contributed by atoms with Crippen molar-refractivity contribution >= 4 is 29.4 Å². The van der Waals surface area contributed by atoms with Gasteiger partial charge in [0.2, 0.25) is 0 Å². The highest BCUT2D eigenvalue weighted by atomic mass is 35.5. The number of amides is 1. The Morgan fingerprint density at radius 2 is 1.63 bits per heavy atom. The minimum atomic E-state index is -1.26. The number of nitrogens with one attached hydrogen (secondary N) is 1. The molecule has 1 amide bonds. The first-order chi connectivity index (χ1) is 18.3. The van der Waals surface area contributed by atoms with Crippen molar-refractivity contribution in [1.29, 1.82) is 0 Å². The second-order valence-corrected chi connectivity index (χ2v) is 9.13. The van der Waals surface area contributed by atoms with Crippen LogP contribution in [0.5, 0.6) is 0 Å². The number of benzene rings is 2. The zero-order valence-corrected chi connectivity index (χ0v) is 21.4. The highest BCUT2D eigenvalue weighted by Gasteiger charge is 2.20. The average Bonchev–Trinajstić information content (AvgIpc) is 3.40. The van der Waals surface area contributed by atoms with Crippen LogP contribution < -0.4 is 5.32 Å². The van der Waals surface area contributed by atoms with Crippen LogP contribution in [0.25, 0.3) is 11.5 Å². The van der Waals surface area contributed by atoms with Crippen LogP contribution in [0.4, 0.5) is 0 Å². The quantitative estimate of drug-likeness (QED) is 0.341. The summed E-state index contributed by atoms with van der Waals surface area (Å²) in [6, 6.07) is 17.6. The van der Waals surface area contributed by atoms with Crippen molar-refractivity contribution in [1.82, 2.24) is 20.4 Å². The van der Waals surface area contributed by atoms with Crippen molar-refractivity contribution in [3.05, 3.63) is 83.2 Å². The van der Waals surface area contributed by atoms with Gasteiger partial charge in [-0.25, -0.2) is 9.59 Å². The van der Waals surface area contributed by atoms with E-state index in [0.29, 0.717) is 35.5 Å². The van der Waals surface area contributed by atoms with Gasteiger partial charge in [0.25, 0.3) is 17.6 Å². The third kappa shape index (κ3) is 9.79. The Labute approximate surface area is 224 Å². The van der Waals surface area contributed by atoms with Gasteiger partial charge in [0.1, 0.15) is 0 Å². The van der Waals surface area contributed by atoms with E-state index in [1.807, 2.05) is 0 Å². The van der Waals surface area contributed by atoms with Crippen molar-refractivity contribution in [2.24, 2.45) is 5.92 Å². The van der Waals surface area contributed by atoms with Gasteiger partial charge in [0.05, 0.1) is 0 Å². The summed E-state index contributed by atoms with van der Waals surface area (Å²) in [6.45, 7) is 3.83. The monoisotopic (exact) mass is 540 g/mol. The van der Waals surface area contributed by atoms with Gasteiger partial charge in [-0.15, -0.1) is 0 Å². The van der Waals surface area contributed by atoms with Crippen molar-refractivity contribution < 1.29 is 29.1 Å². The Bertz CT molecular complexity index is 1210.